The van der Waals surface area contributed by atoms with Gasteiger partial charge in [0.1, 0.15) is 0 Å². The second-order valence-corrected chi connectivity index (χ2v) is 7.82. The molecule has 2 aliphatic rings. The van der Waals surface area contributed by atoms with Crippen molar-refractivity contribution in [2.24, 2.45) is 11.3 Å². The minimum Gasteiger partial charge on any atom is -0.326 e. The van der Waals surface area contributed by atoms with Crippen LogP contribution in [0.25, 0.3) is 0 Å². The van der Waals surface area contributed by atoms with Crippen LogP contribution in [0.5, 0.6) is 0 Å². The van der Waals surface area contributed by atoms with E-state index in [-0.39, 0.29) is 24.4 Å². The van der Waals surface area contributed by atoms with Gasteiger partial charge in [0, 0.05) is 23.0 Å². The van der Waals surface area contributed by atoms with Crippen LogP contribution in [0.2, 0.25) is 12.6 Å². The van der Waals surface area contributed by atoms with Gasteiger partial charge in [-0.05, 0) is 55.4 Å². The van der Waals surface area contributed by atoms with Crippen LogP contribution >= 0.6 is 0 Å². The Hall–Kier alpha value is -2.33. The fraction of sp³-hybridized carbons (Fsp3) is 0.526. The van der Waals surface area contributed by atoms with Gasteiger partial charge in [-0.2, -0.15) is 0 Å². The number of nitrogens with one attached hydrogen (secondary N) is 2. The smallest absolute Gasteiger partial charge is 0.267 e. The lowest BCUT2D eigenvalue weighted by atomic mass is 9.40. The van der Waals surface area contributed by atoms with E-state index in [0.29, 0.717) is 12.8 Å². The molecule has 0 spiro atoms. The zero-order valence-corrected chi connectivity index (χ0v) is 15.0. The number of hydrogen-bond acceptors (Lipinski definition) is 4. The summed E-state index contributed by atoms with van der Waals surface area (Å²) in [6.45, 7) is 2.03. The van der Waals surface area contributed by atoms with Gasteiger partial charge >= 0.3 is 0 Å². The van der Waals surface area contributed by atoms with Crippen molar-refractivity contribution in [2.45, 2.75) is 51.7 Å². The first-order valence-electron chi connectivity index (χ1n) is 9.22. The summed E-state index contributed by atoms with van der Waals surface area (Å²) in [7, 11) is 0. The predicted octanol–water partition coefficient (Wildman–Crippen LogP) is 2.59. The Kier molecular flexibility index (Phi) is 5.33. The third-order valence-electron chi connectivity index (χ3n) is 5.99. The molecule has 1 aliphatic carbocycles. The van der Waals surface area contributed by atoms with Gasteiger partial charge in [0.25, 0.3) is 6.71 Å². The number of carbonyl (C=O) groups is 2. The zero-order valence-electron chi connectivity index (χ0n) is 15.0. The molecule has 1 fully saturated rings. The lowest BCUT2D eigenvalue weighted by Crippen LogP contribution is -2.38. The number of nitrogens with zero attached hydrogens (tertiary/aromatic N) is 1. The van der Waals surface area contributed by atoms with Crippen LogP contribution in [0.15, 0.2) is 18.2 Å². The molecule has 0 saturated carbocycles. The molecule has 0 aromatic heterocycles. The Morgan fingerprint density at radius 3 is 2.69 bits per heavy atom. The maximum atomic E-state index is 12.8. The van der Waals surface area contributed by atoms with Gasteiger partial charge in [0.2, 0.25) is 11.8 Å². The molecule has 3 N–H and O–H groups in total. The van der Waals surface area contributed by atoms with Crippen LogP contribution in [0.4, 0.5) is 5.69 Å². The molecule has 7 heteroatoms. The highest BCUT2D eigenvalue weighted by Crippen LogP contribution is 2.38. The van der Waals surface area contributed by atoms with E-state index in [1.165, 1.54) is 5.56 Å². The van der Waals surface area contributed by atoms with Gasteiger partial charge in [-0.3, -0.25) is 14.8 Å². The first-order chi connectivity index (χ1) is 12.4. The van der Waals surface area contributed by atoms with Crippen LogP contribution in [0.1, 0.15) is 37.3 Å². The number of amides is 2. The van der Waals surface area contributed by atoms with Crippen LogP contribution in [0, 0.1) is 22.6 Å². The summed E-state index contributed by atoms with van der Waals surface area (Å²) < 4.78 is 0. The van der Waals surface area contributed by atoms with Gasteiger partial charge in [-0.15, -0.1) is 0 Å². The number of hydroxylamine groups is 1. The lowest BCUT2D eigenvalue weighted by molar-refractivity contribution is -0.133. The second-order valence-electron chi connectivity index (χ2n) is 7.82. The predicted molar refractivity (Wildman–Crippen MR) is 98.8 cm³/mol. The van der Waals surface area contributed by atoms with Crippen LogP contribution in [-0.2, 0) is 22.4 Å². The maximum Gasteiger partial charge on any atom is 0.267 e. The van der Waals surface area contributed by atoms with Crippen molar-refractivity contribution in [3.05, 3.63) is 29.3 Å². The Morgan fingerprint density at radius 2 is 2.04 bits per heavy atom. The van der Waals surface area contributed by atoms with Gasteiger partial charge in [-0.25, -0.2) is 10.7 Å². The molecule has 1 aliphatic heterocycles. The van der Waals surface area contributed by atoms with Crippen LogP contribution in [0.3, 0.4) is 0 Å². The van der Waals surface area contributed by atoms with Crippen molar-refractivity contribution in [1.29, 1.82) is 5.26 Å². The van der Waals surface area contributed by atoms with Crippen molar-refractivity contribution < 1.29 is 14.8 Å². The Morgan fingerprint density at radius 1 is 1.31 bits per heavy atom. The highest BCUT2D eigenvalue weighted by molar-refractivity contribution is 6.67. The first-order valence-corrected chi connectivity index (χ1v) is 9.22. The summed E-state index contributed by atoms with van der Waals surface area (Å²) in [5, 5.41) is 20.9. The molecule has 1 atom stereocenters. The summed E-state index contributed by atoms with van der Waals surface area (Å²) in [4.78, 5) is 24.5. The fourth-order valence-electron chi connectivity index (χ4n) is 4.04. The quantitative estimate of drug-likeness (QED) is 0.442. The molecular formula is C19H24BN3O3. The van der Waals surface area contributed by atoms with Crippen LogP contribution in [-0.4, -0.2) is 23.7 Å². The van der Waals surface area contributed by atoms with E-state index in [4.69, 9.17) is 10.5 Å². The van der Waals surface area contributed by atoms with Gasteiger partial charge in [-0.1, -0.05) is 25.6 Å². The number of fused-ring (bicyclic) bond motifs is 1. The molecule has 6 nitrogen and oxygen atoms in total. The van der Waals surface area contributed by atoms with E-state index >= 15 is 0 Å². The summed E-state index contributed by atoms with van der Waals surface area (Å²) in [5.74, 6) is 1.70. The van der Waals surface area contributed by atoms with Crippen molar-refractivity contribution in [3.63, 3.8) is 0 Å². The molecule has 3 rings (SSSR count). The summed E-state index contributed by atoms with van der Waals surface area (Å²) in [5.41, 5.74) is 4.26. The molecule has 1 unspecified atom stereocenters. The number of anilines is 1. The van der Waals surface area contributed by atoms with E-state index in [9.17, 15) is 9.59 Å². The molecule has 0 radical (unpaired) electrons. The Bertz CT molecular complexity index is 751. The van der Waals surface area contributed by atoms with E-state index in [1.54, 1.807) is 5.48 Å². The van der Waals surface area contributed by atoms with Gasteiger partial charge in [0.15, 0.2) is 0 Å². The summed E-state index contributed by atoms with van der Waals surface area (Å²) in [6.07, 6.45) is 5.04. The van der Waals surface area contributed by atoms with Crippen LogP contribution < -0.4 is 10.8 Å². The van der Waals surface area contributed by atoms with Crippen molar-refractivity contribution in [3.8, 4) is 5.97 Å². The number of hydrogen-bond donors (Lipinski definition) is 3. The van der Waals surface area contributed by atoms with Crippen molar-refractivity contribution >= 4 is 24.2 Å². The molecule has 1 aromatic rings. The van der Waals surface area contributed by atoms with Gasteiger partial charge in [0.05, 0.1) is 0 Å². The van der Waals surface area contributed by atoms with E-state index in [2.05, 4.69) is 11.3 Å². The van der Waals surface area contributed by atoms with E-state index in [1.807, 2.05) is 25.1 Å². The lowest BCUT2D eigenvalue weighted by Gasteiger charge is -2.33. The number of benzene rings is 1. The summed E-state index contributed by atoms with van der Waals surface area (Å²) in [6, 6.07) is 5.86. The maximum absolute atomic E-state index is 12.8. The third kappa shape index (κ3) is 3.75. The van der Waals surface area contributed by atoms with E-state index in [0.717, 1.165) is 43.2 Å². The second kappa shape index (κ2) is 7.51. The molecule has 0 bridgehead atoms. The molecule has 1 heterocycles. The number of rotatable bonds is 3. The Labute approximate surface area is 154 Å². The minimum absolute atomic E-state index is 0.00528. The largest absolute Gasteiger partial charge is 0.326 e. The number of nitriles is 1. The zero-order chi connectivity index (χ0) is 18.7. The average molecular weight is 353 g/mol. The first kappa shape index (κ1) is 18.5. The Balaban J connectivity index is 1.69. The fourth-order valence-corrected chi connectivity index (χ4v) is 4.04. The molecule has 1 aromatic carbocycles. The molecule has 1 saturated heterocycles. The molecule has 136 valence electrons. The third-order valence-corrected chi connectivity index (χ3v) is 5.99. The monoisotopic (exact) mass is 353 g/mol. The SMILES string of the molecule is CC1(C(=O)Nc2ccc3c(c2)CC(C(=O)NO)CC3)CCB(C#N)CC1. The normalized spacial score (nSPS) is 21.3. The topological polar surface area (TPSA) is 102 Å². The molecule has 2 amide bonds. The van der Waals surface area contributed by atoms with E-state index < -0.39 is 5.41 Å². The van der Waals surface area contributed by atoms with Crippen molar-refractivity contribution in [2.75, 3.05) is 5.32 Å². The molecule has 26 heavy (non-hydrogen) atoms. The highest BCUT2D eigenvalue weighted by atomic mass is 16.5. The number of aryl methyl sites for hydroxylation is 1. The highest BCUT2D eigenvalue weighted by Gasteiger charge is 2.39. The van der Waals surface area contributed by atoms with Gasteiger partial charge < -0.3 is 5.32 Å². The minimum atomic E-state index is -0.442. The molecular weight excluding hydrogens is 329 g/mol. The average Bonchev–Trinajstić information content (AvgIpc) is 2.67. The number of carbonyl (C=O) groups excluding carboxylic acids is 2. The standard InChI is InChI=1S/C19H24BN3O3/c1-19(6-8-20(12-21)9-7-19)18(25)22-16-5-4-13-2-3-14(17(24)23-26)10-15(13)11-16/h4-5,11,14,26H,2-3,6-10H2,1H3,(H,22,25)(H,23,24). The van der Waals surface area contributed by atoms with Crippen molar-refractivity contribution in [1.82, 2.24) is 5.48 Å². The summed E-state index contributed by atoms with van der Waals surface area (Å²) >= 11 is 0.